The van der Waals surface area contributed by atoms with Crippen LogP contribution in [0.4, 0.5) is 0 Å². The Morgan fingerprint density at radius 1 is 1.27 bits per heavy atom. The van der Waals surface area contributed by atoms with Crippen LogP contribution in [-0.2, 0) is 4.79 Å². The first-order valence-electron chi connectivity index (χ1n) is 8.58. The van der Waals surface area contributed by atoms with Crippen molar-refractivity contribution >= 4 is 23.9 Å². The molecule has 154 valence electrons. The average molecular weight is 427 g/mol. The molecule has 1 amide bonds. The Morgan fingerprint density at radius 2 is 2.03 bits per heavy atom. The fourth-order valence-electron chi connectivity index (χ4n) is 2.45. The minimum Gasteiger partial charge on any atom is -0.504 e. The number of carbonyl (C=O) groups is 1. The van der Waals surface area contributed by atoms with E-state index in [0.717, 1.165) is 11.8 Å². The fourth-order valence-corrected chi connectivity index (χ4v) is 3.38. The number of hydrazone groups is 1. The number of thioether (sulfide) groups is 1. The van der Waals surface area contributed by atoms with E-state index in [1.165, 1.54) is 19.4 Å². The van der Waals surface area contributed by atoms with Crippen molar-refractivity contribution < 1.29 is 14.6 Å². The molecule has 0 fully saturated rings. The van der Waals surface area contributed by atoms with Crippen LogP contribution in [0.15, 0.2) is 68.2 Å². The third-order valence-electron chi connectivity index (χ3n) is 3.84. The molecule has 0 aliphatic rings. The maximum Gasteiger partial charge on any atom is 0.342 e. The highest BCUT2D eigenvalue weighted by atomic mass is 32.2. The predicted octanol–water partition coefficient (Wildman–Crippen LogP) is 1.16. The van der Waals surface area contributed by atoms with Gasteiger partial charge in [-0.2, -0.15) is 10.2 Å². The van der Waals surface area contributed by atoms with Crippen molar-refractivity contribution in [2.75, 3.05) is 7.11 Å². The van der Waals surface area contributed by atoms with Gasteiger partial charge in [-0.1, -0.05) is 42.1 Å². The second kappa shape index (κ2) is 9.56. The number of nitrogens with one attached hydrogen (secondary N) is 3. The van der Waals surface area contributed by atoms with Gasteiger partial charge in [0, 0.05) is 0 Å². The minimum absolute atomic E-state index is 0.0612. The van der Waals surface area contributed by atoms with Crippen molar-refractivity contribution in [3.05, 3.63) is 80.5 Å². The van der Waals surface area contributed by atoms with E-state index < -0.39 is 22.4 Å². The van der Waals surface area contributed by atoms with Crippen molar-refractivity contribution in [1.82, 2.24) is 20.6 Å². The highest BCUT2D eigenvalue weighted by Gasteiger charge is 2.24. The Labute approximate surface area is 174 Å². The molecule has 1 heterocycles. The molecule has 3 rings (SSSR count). The van der Waals surface area contributed by atoms with Gasteiger partial charge in [0.2, 0.25) is 0 Å². The Kier molecular flexibility index (Phi) is 6.65. The average Bonchev–Trinajstić information content (AvgIpc) is 2.74. The predicted molar refractivity (Wildman–Crippen MR) is 111 cm³/mol. The lowest BCUT2D eigenvalue weighted by atomic mass is 10.1. The summed E-state index contributed by atoms with van der Waals surface area (Å²) < 4.78 is 4.97. The van der Waals surface area contributed by atoms with Gasteiger partial charge < -0.3 is 9.84 Å². The topological polar surface area (TPSA) is 150 Å². The summed E-state index contributed by atoms with van der Waals surface area (Å²) in [5.41, 5.74) is 2.13. The summed E-state index contributed by atoms with van der Waals surface area (Å²) in [6, 6.07) is 13.4. The molecule has 0 aliphatic carbocycles. The third-order valence-corrected chi connectivity index (χ3v) is 5.06. The summed E-state index contributed by atoms with van der Waals surface area (Å²) in [6.45, 7) is 0. The van der Waals surface area contributed by atoms with Crippen molar-refractivity contribution in [3.8, 4) is 11.5 Å². The zero-order chi connectivity index (χ0) is 21.5. The highest BCUT2D eigenvalue weighted by Crippen LogP contribution is 2.32. The number of carbonyl (C=O) groups excluding carboxylic acids is 1. The van der Waals surface area contributed by atoms with Gasteiger partial charge in [-0.25, -0.2) is 15.3 Å². The van der Waals surface area contributed by atoms with Crippen LogP contribution in [0.25, 0.3) is 0 Å². The Balaban J connectivity index is 1.79. The lowest BCUT2D eigenvalue weighted by molar-refractivity contribution is -0.120. The zero-order valence-corrected chi connectivity index (χ0v) is 16.5. The molecule has 4 N–H and O–H groups in total. The SMILES string of the molecule is COc1ccc(/C=N\NC(=O)C(Sc2n[nH]c(=O)[nH]c2=O)c2ccccc2)cc1O. The smallest absolute Gasteiger partial charge is 0.342 e. The van der Waals surface area contributed by atoms with Gasteiger partial charge >= 0.3 is 5.69 Å². The zero-order valence-electron chi connectivity index (χ0n) is 15.7. The van der Waals surface area contributed by atoms with Crippen LogP contribution in [0, 0.1) is 0 Å². The molecule has 0 saturated carbocycles. The van der Waals surface area contributed by atoms with Gasteiger partial charge in [0.1, 0.15) is 5.25 Å². The van der Waals surface area contributed by atoms with E-state index in [1.807, 2.05) is 0 Å². The number of hydrogen-bond donors (Lipinski definition) is 4. The molecular weight excluding hydrogens is 410 g/mol. The van der Waals surface area contributed by atoms with E-state index in [4.69, 9.17) is 4.74 Å². The number of phenols is 1. The minimum atomic E-state index is -0.855. The summed E-state index contributed by atoms with van der Waals surface area (Å²) >= 11 is 0.871. The normalized spacial score (nSPS) is 11.9. The van der Waals surface area contributed by atoms with E-state index in [-0.39, 0.29) is 10.8 Å². The van der Waals surface area contributed by atoms with Gasteiger partial charge in [-0.05, 0) is 29.3 Å². The summed E-state index contributed by atoms with van der Waals surface area (Å²) in [4.78, 5) is 37.9. The molecule has 0 saturated heterocycles. The van der Waals surface area contributed by atoms with Gasteiger partial charge in [-0.15, -0.1) is 0 Å². The number of amides is 1. The molecule has 0 spiro atoms. The largest absolute Gasteiger partial charge is 0.504 e. The highest BCUT2D eigenvalue weighted by molar-refractivity contribution is 8.00. The Hall–Kier alpha value is -3.86. The number of aromatic amines is 2. The second-order valence-electron chi connectivity index (χ2n) is 5.89. The third kappa shape index (κ3) is 5.14. The van der Waals surface area contributed by atoms with Crippen LogP contribution in [0.5, 0.6) is 11.5 Å². The van der Waals surface area contributed by atoms with E-state index in [2.05, 4.69) is 25.7 Å². The molecular formula is C19H17N5O5S. The molecule has 2 aromatic carbocycles. The molecule has 10 nitrogen and oxygen atoms in total. The van der Waals surface area contributed by atoms with Gasteiger partial charge in [0.15, 0.2) is 16.5 Å². The summed E-state index contributed by atoms with van der Waals surface area (Å²) in [7, 11) is 1.44. The number of rotatable bonds is 7. The van der Waals surface area contributed by atoms with Gasteiger partial charge in [0.05, 0.1) is 13.3 Å². The number of phenolic OH excluding ortho intramolecular Hbond substituents is 1. The lowest BCUT2D eigenvalue weighted by Gasteiger charge is -2.14. The first-order chi connectivity index (χ1) is 14.5. The van der Waals surface area contributed by atoms with E-state index >= 15 is 0 Å². The van der Waals surface area contributed by atoms with Crippen LogP contribution in [0.2, 0.25) is 0 Å². The number of aromatic hydroxyl groups is 1. The molecule has 1 unspecified atom stereocenters. The number of benzene rings is 2. The summed E-state index contributed by atoms with van der Waals surface area (Å²) in [5, 5.41) is 18.6. The fraction of sp³-hybridized carbons (Fsp3) is 0.105. The quantitative estimate of drug-likeness (QED) is 0.251. The van der Waals surface area contributed by atoms with Crippen molar-refractivity contribution in [1.29, 1.82) is 0 Å². The number of hydrogen-bond acceptors (Lipinski definition) is 8. The monoisotopic (exact) mass is 427 g/mol. The van der Waals surface area contributed by atoms with Crippen molar-refractivity contribution in [2.45, 2.75) is 10.3 Å². The lowest BCUT2D eigenvalue weighted by Crippen LogP contribution is -2.28. The molecule has 1 aromatic heterocycles. The van der Waals surface area contributed by atoms with Crippen molar-refractivity contribution in [3.63, 3.8) is 0 Å². The molecule has 1 atom stereocenters. The van der Waals surface area contributed by atoms with Crippen LogP contribution in [0.3, 0.4) is 0 Å². The Bertz CT molecular complexity index is 1180. The Morgan fingerprint density at radius 3 is 2.70 bits per heavy atom. The van der Waals surface area contributed by atoms with Crippen LogP contribution in [-0.4, -0.2) is 39.5 Å². The standard InChI is InChI=1S/C19H17N5O5S/c1-29-14-8-7-11(9-13(14)25)10-20-22-16(26)15(12-5-3-2-4-6-12)30-18-17(27)21-19(28)24-23-18/h2-10,15,25H,1H3,(H,22,26)(H2,21,24,27,28)/b20-10-. The van der Waals surface area contributed by atoms with Gasteiger partial charge in [0.25, 0.3) is 11.5 Å². The number of aromatic nitrogens is 3. The molecule has 3 aromatic rings. The van der Waals surface area contributed by atoms with E-state index in [9.17, 15) is 19.5 Å². The van der Waals surface area contributed by atoms with Crippen LogP contribution in [0.1, 0.15) is 16.4 Å². The molecule has 0 aliphatic heterocycles. The molecule has 30 heavy (non-hydrogen) atoms. The van der Waals surface area contributed by atoms with Crippen molar-refractivity contribution in [2.24, 2.45) is 5.10 Å². The number of methoxy groups -OCH3 is 1. The van der Waals surface area contributed by atoms with Crippen LogP contribution >= 0.6 is 11.8 Å². The van der Waals surface area contributed by atoms with Gasteiger partial charge in [-0.3, -0.25) is 14.6 Å². The number of ether oxygens (including phenoxy) is 1. The first-order valence-corrected chi connectivity index (χ1v) is 9.46. The molecule has 0 bridgehead atoms. The van der Waals surface area contributed by atoms with E-state index in [0.29, 0.717) is 16.9 Å². The molecule has 0 radical (unpaired) electrons. The second-order valence-corrected chi connectivity index (χ2v) is 6.98. The van der Waals surface area contributed by atoms with E-state index in [1.54, 1.807) is 42.5 Å². The van der Waals surface area contributed by atoms with Crippen LogP contribution < -0.4 is 21.4 Å². The maximum absolute atomic E-state index is 12.8. The summed E-state index contributed by atoms with van der Waals surface area (Å²) in [5.74, 6) is -0.253. The summed E-state index contributed by atoms with van der Waals surface area (Å²) in [6.07, 6.45) is 1.36. The molecule has 11 heteroatoms. The number of H-pyrrole nitrogens is 2. The number of nitrogens with zero attached hydrogens (tertiary/aromatic N) is 2. The maximum atomic E-state index is 12.8. The first kappa shape index (κ1) is 20.9.